The van der Waals surface area contributed by atoms with E-state index in [2.05, 4.69) is 5.32 Å². The quantitative estimate of drug-likeness (QED) is 0.587. The van der Waals surface area contributed by atoms with Crippen LogP contribution in [-0.2, 0) is 6.42 Å². The van der Waals surface area contributed by atoms with Gasteiger partial charge >= 0.3 is 5.78 Å². The van der Waals surface area contributed by atoms with Gasteiger partial charge in [-0.15, -0.1) is 0 Å². The first-order chi connectivity index (χ1) is 12.6. The van der Waals surface area contributed by atoms with Gasteiger partial charge in [-0.05, 0) is 36.2 Å². The van der Waals surface area contributed by atoms with Crippen LogP contribution in [0.4, 0.5) is 0 Å². The van der Waals surface area contributed by atoms with Crippen molar-refractivity contribution in [2.75, 3.05) is 6.54 Å². The number of rotatable bonds is 4. The van der Waals surface area contributed by atoms with E-state index in [4.69, 9.17) is 20.4 Å². The Morgan fingerprint density at radius 1 is 1.00 bits per heavy atom. The molecular formula is C20H14ClNO4. The zero-order valence-corrected chi connectivity index (χ0v) is 14.4. The number of amides is 1. The molecule has 1 N–H and O–H groups in total. The van der Waals surface area contributed by atoms with Crippen molar-refractivity contribution in [1.82, 2.24) is 5.32 Å². The van der Waals surface area contributed by atoms with Gasteiger partial charge in [0.05, 0.1) is 5.39 Å². The number of carbonyl (C=O) groups excluding carboxylic acids is 1. The van der Waals surface area contributed by atoms with E-state index in [9.17, 15) is 9.59 Å². The molecule has 0 saturated heterocycles. The van der Waals surface area contributed by atoms with E-state index in [0.717, 1.165) is 5.56 Å². The molecule has 1 amide bonds. The molecule has 0 bridgehead atoms. The van der Waals surface area contributed by atoms with E-state index in [1.807, 2.05) is 12.1 Å². The smallest absolute Gasteiger partial charge is 0.302 e. The van der Waals surface area contributed by atoms with Gasteiger partial charge in [0.1, 0.15) is 11.0 Å². The number of halogens is 1. The van der Waals surface area contributed by atoms with Crippen LogP contribution in [0, 0.1) is 0 Å². The number of nitrogens with one attached hydrogen (secondary N) is 1. The molecule has 130 valence electrons. The molecule has 2 heterocycles. The molecule has 6 heteroatoms. The third kappa shape index (κ3) is 3.09. The van der Waals surface area contributed by atoms with Crippen LogP contribution in [0.25, 0.3) is 22.1 Å². The average Bonchev–Trinajstić information content (AvgIpc) is 3.08. The molecular weight excluding hydrogens is 354 g/mol. The lowest BCUT2D eigenvalue weighted by molar-refractivity contribution is 0.0927. The summed E-state index contributed by atoms with van der Waals surface area (Å²) < 4.78 is 11.0. The van der Waals surface area contributed by atoms with Crippen molar-refractivity contribution in [3.05, 3.63) is 81.2 Å². The molecule has 0 atom stereocenters. The summed E-state index contributed by atoms with van der Waals surface area (Å²) in [7, 11) is 0. The lowest BCUT2D eigenvalue weighted by Crippen LogP contribution is -2.25. The van der Waals surface area contributed by atoms with Crippen LogP contribution in [0.5, 0.6) is 0 Å². The third-order valence-corrected chi connectivity index (χ3v) is 4.37. The molecule has 2 aromatic heterocycles. The molecule has 26 heavy (non-hydrogen) atoms. The standard InChI is InChI=1S/C20H14ClNO4/c21-13-7-5-12(6-8-13)9-10-22-19(24)17-11-15-18(23)14-3-1-2-4-16(14)25-20(15)26-17/h1-8,11H,9-10H2,(H,22,24). The molecule has 5 nitrogen and oxygen atoms in total. The van der Waals surface area contributed by atoms with Crippen LogP contribution < -0.4 is 10.7 Å². The van der Waals surface area contributed by atoms with Crippen LogP contribution in [0.1, 0.15) is 16.1 Å². The van der Waals surface area contributed by atoms with Gasteiger partial charge in [-0.3, -0.25) is 9.59 Å². The second-order valence-corrected chi connectivity index (χ2v) is 6.31. The first-order valence-corrected chi connectivity index (χ1v) is 8.47. The summed E-state index contributed by atoms with van der Waals surface area (Å²) in [5.41, 5.74) is 1.27. The Balaban J connectivity index is 1.53. The highest BCUT2D eigenvalue weighted by molar-refractivity contribution is 6.30. The summed E-state index contributed by atoms with van der Waals surface area (Å²) in [5, 5.41) is 4.16. The molecule has 4 rings (SSSR count). The Bertz CT molecular complexity index is 1160. The largest absolute Gasteiger partial charge is 0.425 e. The lowest BCUT2D eigenvalue weighted by Gasteiger charge is -2.03. The highest BCUT2D eigenvalue weighted by atomic mass is 35.5. The number of fused-ring (bicyclic) bond motifs is 2. The highest BCUT2D eigenvalue weighted by Crippen LogP contribution is 2.21. The molecule has 0 aliphatic rings. The van der Waals surface area contributed by atoms with Gasteiger partial charge in [-0.25, -0.2) is 0 Å². The SMILES string of the molecule is O=C(NCCc1ccc(Cl)cc1)c1cc2c(=O)c3ccccc3oc2o1. The van der Waals surface area contributed by atoms with E-state index in [-0.39, 0.29) is 22.4 Å². The summed E-state index contributed by atoms with van der Waals surface area (Å²) in [6.07, 6.45) is 0.657. The van der Waals surface area contributed by atoms with Gasteiger partial charge in [0, 0.05) is 17.6 Å². The molecule has 0 aliphatic carbocycles. The topological polar surface area (TPSA) is 72.5 Å². The van der Waals surface area contributed by atoms with Crippen molar-refractivity contribution in [3.8, 4) is 0 Å². The van der Waals surface area contributed by atoms with Gasteiger partial charge < -0.3 is 14.2 Å². The van der Waals surface area contributed by atoms with Gasteiger partial charge in [0.15, 0.2) is 5.76 Å². The zero-order chi connectivity index (χ0) is 18.1. The fourth-order valence-electron chi connectivity index (χ4n) is 2.77. The Kier molecular flexibility index (Phi) is 4.22. The Labute approximate surface area is 153 Å². The maximum Gasteiger partial charge on any atom is 0.302 e. The molecule has 0 radical (unpaired) electrons. The Morgan fingerprint density at radius 2 is 1.77 bits per heavy atom. The zero-order valence-electron chi connectivity index (χ0n) is 13.6. The summed E-state index contributed by atoms with van der Waals surface area (Å²) in [6, 6.07) is 15.7. The monoisotopic (exact) mass is 367 g/mol. The minimum Gasteiger partial charge on any atom is -0.425 e. The molecule has 2 aromatic carbocycles. The number of hydrogen-bond donors (Lipinski definition) is 1. The fraction of sp³-hybridized carbons (Fsp3) is 0.100. The first-order valence-electron chi connectivity index (χ1n) is 8.10. The second kappa shape index (κ2) is 6.69. The van der Waals surface area contributed by atoms with Gasteiger partial charge in [-0.1, -0.05) is 35.9 Å². The van der Waals surface area contributed by atoms with Crippen molar-refractivity contribution < 1.29 is 13.6 Å². The van der Waals surface area contributed by atoms with Crippen LogP contribution in [0.2, 0.25) is 5.02 Å². The molecule has 0 unspecified atom stereocenters. The average molecular weight is 368 g/mol. The van der Waals surface area contributed by atoms with Crippen molar-refractivity contribution in [2.45, 2.75) is 6.42 Å². The normalized spacial score (nSPS) is 11.1. The molecule has 4 aromatic rings. The van der Waals surface area contributed by atoms with Crippen LogP contribution in [0.3, 0.4) is 0 Å². The third-order valence-electron chi connectivity index (χ3n) is 4.11. The van der Waals surface area contributed by atoms with E-state index >= 15 is 0 Å². The number of para-hydroxylation sites is 1. The second-order valence-electron chi connectivity index (χ2n) is 5.87. The molecule has 0 spiro atoms. The first kappa shape index (κ1) is 16.4. The molecule has 0 fully saturated rings. The van der Waals surface area contributed by atoms with Crippen LogP contribution in [0.15, 0.2) is 68.2 Å². The van der Waals surface area contributed by atoms with Crippen LogP contribution in [-0.4, -0.2) is 12.5 Å². The van der Waals surface area contributed by atoms with Crippen molar-refractivity contribution >= 4 is 39.6 Å². The van der Waals surface area contributed by atoms with E-state index < -0.39 is 5.91 Å². The number of hydrogen-bond acceptors (Lipinski definition) is 4. The van der Waals surface area contributed by atoms with E-state index in [0.29, 0.717) is 29.0 Å². The van der Waals surface area contributed by atoms with Gasteiger partial charge in [-0.2, -0.15) is 0 Å². The summed E-state index contributed by atoms with van der Waals surface area (Å²) >= 11 is 5.85. The van der Waals surface area contributed by atoms with E-state index in [1.54, 1.807) is 36.4 Å². The summed E-state index contributed by atoms with van der Waals surface area (Å²) in [5.74, 6) is -0.294. The van der Waals surface area contributed by atoms with Gasteiger partial charge in [0.25, 0.3) is 5.91 Å². The summed E-state index contributed by atoms with van der Waals surface area (Å²) in [4.78, 5) is 24.8. The Morgan fingerprint density at radius 3 is 2.58 bits per heavy atom. The molecule has 0 saturated carbocycles. The minimum atomic E-state index is -0.395. The Hall–Kier alpha value is -3.05. The minimum absolute atomic E-state index is 0.0484. The highest BCUT2D eigenvalue weighted by Gasteiger charge is 2.17. The predicted octanol–water partition coefficient (Wildman–Crippen LogP) is 4.17. The number of carbonyl (C=O) groups is 1. The fourth-order valence-corrected chi connectivity index (χ4v) is 2.89. The van der Waals surface area contributed by atoms with E-state index in [1.165, 1.54) is 6.07 Å². The number of furan rings is 1. The number of benzene rings is 2. The van der Waals surface area contributed by atoms with Crippen LogP contribution >= 0.6 is 11.6 Å². The predicted molar refractivity (Wildman–Crippen MR) is 99.7 cm³/mol. The maximum atomic E-state index is 12.5. The maximum absolute atomic E-state index is 12.5. The van der Waals surface area contributed by atoms with Crippen molar-refractivity contribution in [3.63, 3.8) is 0 Å². The lowest BCUT2D eigenvalue weighted by atomic mass is 10.1. The molecule has 0 aliphatic heterocycles. The summed E-state index contributed by atoms with van der Waals surface area (Å²) in [6.45, 7) is 0.431. The van der Waals surface area contributed by atoms with Gasteiger partial charge in [0.2, 0.25) is 5.43 Å². The van der Waals surface area contributed by atoms with Crippen molar-refractivity contribution in [1.29, 1.82) is 0 Å². The van der Waals surface area contributed by atoms with Crippen molar-refractivity contribution in [2.24, 2.45) is 0 Å².